The van der Waals surface area contributed by atoms with Crippen LogP contribution in [-0.4, -0.2) is 40.5 Å². The van der Waals surface area contributed by atoms with Crippen LogP contribution < -0.4 is 10.1 Å². The lowest BCUT2D eigenvalue weighted by Gasteiger charge is -2.20. The van der Waals surface area contributed by atoms with Gasteiger partial charge in [-0.15, -0.1) is 0 Å². The SMILES string of the molecule is CC(C)Oc1ccc(-c2nc(C3=CCCC4=C3CCC4NCCO)no2)cc1C(F)(F)F. The van der Waals surface area contributed by atoms with Gasteiger partial charge in [0.15, 0.2) is 0 Å². The Morgan fingerprint density at radius 1 is 1.28 bits per heavy atom. The minimum atomic E-state index is -4.57. The second kappa shape index (κ2) is 9.07. The highest BCUT2D eigenvalue weighted by atomic mass is 19.4. The van der Waals surface area contributed by atoms with Crippen LogP contribution in [0.3, 0.4) is 0 Å². The Morgan fingerprint density at radius 2 is 2.09 bits per heavy atom. The molecule has 0 amide bonds. The smallest absolute Gasteiger partial charge is 0.419 e. The van der Waals surface area contributed by atoms with Crippen molar-refractivity contribution >= 4 is 5.57 Å². The number of hydrogen-bond donors (Lipinski definition) is 2. The van der Waals surface area contributed by atoms with E-state index in [0.29, 0.717) is 12.4 Å². The number of benzene rings is 1. The first kappa shape index (κ1) is 22.5. The van der Waals surface area contributed by atoms with E-state index in [1.165, 1.54) is 17.7 Å². The molecule has 1 heterocycles. The van der Waals surface area contributed by atoms with Crippen molar-refractivity contribution in [2.75, 3.05) is 13.2 Å². The van der Waals surface area contributed by atoms with E-state index >= 15 is 0 Å². The van der Waals surface area contributed by atoms with Gasteiger partial charge in [0, 0.05) is 23.7 Å². The number of rotatable bonds is 7. The number of aliphatic hydroxyl groups excluding tert-OH is 1. The number of nitrogens with zero attached hydrogens (tertiary/aromatic N) is 2. The maximum absolute atomic E-state index is 13.6. The summed E-state index contributed by atoms with van der Waals surface area (Å²) in [7, 11) is 0. The van der Waals surface area contributed by atoms with Gasteiger partial charge in [0.05, 0.1) is 18.3 Å². The van der Waals surface area contributed by atoms with Crippen LogP contribution in [0.2, 0.25) is 0 Å². The van der Waals surface area contributed by atoms with Crippen LogP contribution >= 0.6 is 0 Å². The Kier molecular flexibility index (Phi) is 6.39. The molecule has 4 rings (SSSR count). The standard InChI is InChI=1S/C23H26F3N3O3/c1-13(2)31-20-9-6-14(12-18(20)23(24,25)26)22-28-21(29-32-22)17-5-3-4-16-15(17)7-8-19(16)27-10-11-30/h5-6,9,12-13,19,27,30H,3-4,7-8,10-11H2,1-2H3. The molecule has 2 aliphatic carbocycles. The Hall–Kier alpha value is -2.65. The quantitative estimate of drug-likeness (QED) is 0.635. The number of alkyl halides is 3. The zero-order chi connectivity index (χ0) is 22.9. The van der Waals surface area contributed by atoms with E-state index in [0.717, 1.165) is 42.9 Å². The molecule has 6 nitrogen and oxygen atoms in total. The number of allylic oxidation sites excluding steroid dienone is 3. The van der Waals surface area contributed by atoms with Crippen molar-refractivity contribution in [1.82, 2.24) is 15.5 Å². The topological polar surface area (TPSA) is 80.4 Å². The molecule has 1 atom stereocenters. The Morgan fingerprint density at radius 3 is 2.81 bits per heavy atom. The van der Waals surface area contributed by atoms with Crippen LogP contribution in [0.1, 0.15) is 50.9 Å². The van der Waals surface area contributed by atoms with Crippen LogP contribution in [0, 0.1) is 0 Å². The van der Waals surface area contributed by atoms with Crippen molar-refractivity contribution < 1.29 is 27.5 Å². The fraction of sp³-hybridized carbons (Fsp3) is 0.478. The molecule has 1 aromatic carbocycles. The normalized spacial score (nSPS) is 18.8. The molecule has 2 aliphatic rings. The molecule has 0 saturated heterocycles. The molecule has 1 aromatic heterocycles. The summed E-state index contributed by atoms with van der Waals surface area (Å²) in [5, 5.41) is 16.5. The number of hydrogen-bond acceptors (Lipinski definition) is 6. The minimum Gasteiger partial charge on any atom is -0.490 e. The zero-order valence-electron chi connectivity index (χ0n) is 18.0. The molecule has 172 valence electrons. The van der Waals surface area contributed by atoms with Crippen LogP contribution in [0.25, 0.3) is 17.0 Å². The highest BCUT2D eigenvalue weighted by Gasteiger charge is 2.36. The first-order chi connectivity index (χ1) is 15.3. The summed E-state index contributed by atoms with van der Waals surface area (Å²) in [6, 6.07) is 3.99. The van der Waals surface area contributed by atoms with Gasteiger partial charge < -0.3 is 19.7 Å². The predicted octanol–water partition coefficient (Wildman–Crippen LogP) is 4.76. The number of nitrogens with one attached hydrogen (secondary N) is 1. The third-order valence-electron chi connectivity index (χ3n) is 5.64. The molecule has 32 heavy (non-hydrogen) atoms. The van der Waals surface area contributed by atoms with Crippen molar-refractivity contribution in [1.29, 1.82) is 0 Å². The Labute approximate surface area is 184 Å². The van der Waals surface area contributed by atoms with E-state index < -0.39 is 11.7 Å². The van der Waals surface area contributed by atoms with E-state index in [1.54, 1.807) is 13.8 Å². The maximum Gasteiger partial charge on any atom is 0.419 e. The summed E-state index contributed by atoms with van der Waals surface area (Å²) >= 11 is 0. The first-order valence-corrected chi connectivity index (χ1v) is 10.8. The molecule has 2 N–H and O–H groups in total. The van der Waals surface area contributed by atoms with E-state index in [1.807, 2.05) is 0 Å². The zero-order valence-corrected chi connectivity index (χ0v) is 18.0. The number of aliphatic hydroxyl groups is 1. The van der Waals surface area contributed by atoms with Gasteiger partial charge in [-0.3, -0.25) is 0 Å². The lowest BCUT2D eigenvalue weighted by Crippen LogP contribution is -2.31. The average molecular weight is 449 g/mol. The maximum atomic E-state index is 13.6. The molecule has 0 fully saturated rings. The highest BCUT2D eigenvalue weighted by Crippen LogP contribution is 2.42. The van der Waals surface area contributed by atoms with Crippen molar-refractivity contribution in [3.63, 3.8) is 0 Å². The molecule has 2 aromatic rings. The van der Waals surface area contributed by atoms with Gasteiger partial charge in [-0.2, -0.15) is 18.2 Å². The molecule has 9 heteroatoms. The fourth-order valence-electron chi connectivity index (χ4n) is 4.34. The van der Waals surface area contributed by atoms with E-state index in [4.69, 9.17) is 14.4 Å². The van der Waals surface area contributed by atoms with Crippen LogP contribution in [0.4, 0.5) is 13.2 Å². The lowest BCUT2D eigenvalue weighted by molar-refractivity contribution is -0.139. The van der Waals surface area contributed by atoms with Gasteiger partial charge >= 0.3 is 6.18 Å². The summed E-state index contributed by atoms with van der Waals surface area (Å²) in [6.45, 7) is 3.96. The summed E-state index contributed by atoms with van der Waals surface area (Å²) in [4.78, 5) is 4.42. The Bertz CT molecular complexity index is 1040. The van der Waals surface area contributed by atoms with Gasteiger partial charge in [0.25, 0.3) is 5.89 Å². The largest absolute Gasteiger partial charge is 0.490 e. The molecule has 1 unspecified atom stereocenters. The van der Waals surface area contributed by atoms with Crippen molar-refractivity contribution in [2.45, 2.75) is 57.9 Å². The van der Waals surface area contributed by atoms with E-state index in [9.17, 15) is 13.2 Å². The fourth-order valence-corrected chi connectivity index (χ4v) is 4.34. The summed E-state index contributed by atoms with van der Waals surface area (Å²) in [5.41, 5.74) is 2.64. The number of halogens is 3. The molecule has 0 spiro atoms. The molecule has 0 aliphatic heterocycles. The summed E-state index contributed by atoms with van der Waals surface area (Å²) in [6.07, 6.45) is 0.637. The van der Waals surface area contributed by atoms with Crippen molar-refractivity contribution in [3.8, 4) is 17.2 Å². The third-order valence-corrected chi connectivity index (χ3v) is 5.64. The summed E-state index contributed by atoms with van der Waals surface area (Å²) in [5.74, 6) is 0.183. The molecule has 0 radical (unpaired) electrons. The van der Waals surface area contributed by atoms with Crippen molar-refractivity contribution in [3.05, 3.63) is 46.8 Å². The van der Waals surface area contributed by atoms with Gasteiger partial charge in [0.2, 0.25) is 5.82 Å². The number of aromatic nitrogens is 2. The second-order valence-electron chi connectivity index (χ2n) is 8.23. The van der Waals surface area contributed by atoms with Crippen LogP contribution in [-0.2, 0) is 6.18 Å². The predicted molar refractivity (Wildman–Crippen MR) is 113 cm³/mol. The van der Waals surface area contributed by atoms with E-state index in [2.05, 4.69) is 21.5 Å². The molecule has 0 bridgehead atoms. The first-order valence-electron chi connectivity index (χ1n) is 10.8. The van der Waals surface area contributed by atoms with Crippen molar-refractivity contribution in [2.24, 2.45) is 0 Å². The Balaban J connectivity index is 1.63. The average Bonchev–Trinajstić information content (AvgIpc) is 3.39. The van der Waals surface area contributed by atoms with E-state index in [-0.39, 0.29) is 36.0 Å². The molecular weight excluding hydrogens is 423 g/mol. The minimum absolute atomic E-state index is 0.0307. The highest BCUT2D eigenvalue weighted by molar-refractivity contribution is 5.79. The van der Waals surface area contributed by atoms with Gasteiger partial charge in [-0.05, 0) is 68.9 Å². The molecular formula is C23H26F3N3O3. The van der Waals surface area contributed by atoms with Crippen LogP contribution in [0.15, 0.2) is 39.9 Å². The van der Waals surface area contributed by atoms with Gasteiger partial charge in [-0.1, -0.05) is 11.2 Å². The third kappa shape index (κ3) is 4.59. The summed E-state index contributed by atoms with van der Waals surface area (Å²) < 4.78 is 51.4. The van der Waals surface area contributed by atoms with Crippen LogP contribution in [0.5, 0.6) is 5.75 Å². The number of ether oxygens (including phenoxy) is 1. The lowest BCUT2D eigenvalue weighted by atomic mass is 9.91. The second-order valence-corrected chi connectivity index (χ2v) is 8.23. The van der Waals surface area contributed by atoms with Gasteiger partial charge in [-0.25, -0.2) is 0 Å². The monoisotopic (exact) mass is 449 g/mol. The molecule has 0 saturated carbocycles. The van der Waals surface area contributed by atoms with Gasteiger partial charge in [0.1, 0.15) is 5.75 Å².